The van der Waals surface area contributed by atoms with Crippen LogP contribution in [0, 0.1) is 0 Å². The van der Waals surface area contributed by atoms with E-state index in [2.05, 4.69) is 26.3 Å². The maximum atomic E-state index is 11.9. The minimum atomic E-state index is -0.0997. The Balaban J connectivity index is 1.73. The smallest absolute Gasteiger partial charge is 0.237 e. The van der Waals surface area contributed by atoms with Crippen LogP contribution in [-0.4, -0.2) is 28.0 Å². The molecule has 1 aromatic heterocycles. The van der Waals surface area contributed by atoms with Crippen molar-refractivity contribution in [2.24, 2.45) is 7.05 Å². The molecular formula is C15H20N4O. The van der Waals surface area contributed by atoms with Crippen molar-refractivity contribution in [3.05, 3.63) is 30.1 Å². The van der Waals surface area contributed by atoms with Gasteiger partial charge in [-0.25, -0.2) is 4.98 Å². The monoisotopic (exact) mass is 272 g/mol. The number of para-hydroxylation sites is 2. The van der Waals surface area contributed by atoms with Crippen molar-refractivity contribution in [2.75, 3.05) is 6.54 Å². The molecule has 2 aromatic rings. The minimum Gasteiger partial charge on any atom is -0.355 e. The molecule has 1 saturated heterocycles. The van der Waals surface area contributed by atoms with Crippen LogP contribution >= 0.6 is 0 Å². The molecule has 1 aliphatic rings. The molecule has 20 heavy (non-hydrogen) atoms. The zero-order valence-corrected chi connectivity index (χ0v) is 11.7. The molecule has 0 aliphatic carbocycles. The summed E-state index contributed by atoms with van der Waals surface area (Å²) in [6.45, 7) is 1.41. The second-order valence-corrected chi connectivity index (χ2v) is 5.30. The fraction of sp³-hybridized carbons (Fsp3) is 0.467. The van der Waals surface area contributed by atoms with E-state index >= 15 is 0 Å². The average molecular weight is 272 g/mol. The quantitative estimate of drug-likeness (QED) is 0.886. The average Bonchev–Trinajstić information content (AvgIpc) is 2.64. The number of rotatable bonds is 3. The highest BCUT2D eigenvalue weighted by atomic mass is 16.2. The van der Waals surface area contributed by atoms with E-state index < -0.39 is 0 Å². The predicted octanol–water partition coefficient (Wildman–Crippen LogP) is 1.33. The predicted molar refractivity (Wildman–Crippen MR) is 78.2 cm³/mol. The molecule has 1 fully saturated rings. The van der Waals surface area contributed by atoms with Crippen molar-refractivity contribution < 1.29 is 4.79 Å². The van der Waals surface area contributed by atoms with Crippen molar-refractivity contribution in [3.63, 3.8) is 0 Å². The molecule has 1 amide bonds. The second kappa shape index (κ2) is 5.63. The number of fused-ring (bicyclic) bond motifs is 1. The lowest BCUT2D eigenvalue weighted by Gasteiger charge is -2.14. The number of carbonyl (C=O) groups is 1. The number of aromatic nitrogens is 2. The lowest BCUT2D eigenvalue weighted by molar-refractivity contribution is -0.122. The third-order valence-corrected chi connectivity index (χ3v) is 3.92. The van der Waals surface area contributed by atoms with Crippen molar-refractivity contribution in [3.8, 4) is 0 Å². The zero-order chi connectivity index (χ0) is 13.9. The van der Waals surface area contributed by atoms with E-state index in [0.717, 1.165) is 42.7 Å². The van der Waals surface area contributed by atoms with E-state index in [1.807, 2.05) is 25.2 Å². The first-order valence-electron chi connectivity index (χ1n) is 7.17. The topological polar surface area (TPSA) is 59.0 Å². The van der Waals surface area contributed by atoms with Crippen LogP contribution in [0.2, 0.25) is 0 Å². The van der Waals surface area contributed by atoms with Crippen LogP contribution in [0.25, 0.3) is 11.0 Å². The highest BCUT2D eigenvalue weighted by Gasteiger charge is 2.20. The number of hydrogen-bond acceptors (Lipinski definition) is 3. The van der Waals surface area contributed by atoms with Gasteiger partial charge in [0.15, 0.2) is 0 Å². The molecule has 0 radical (unpaired) electrons. The van der Waals surface area contributed by atoms with Crippen LogP contribution in [-0.2, 0) is 18.4 Å². The van der Waals surface area contributed by atoms with Gasteiger partial charge in [0, 0.05) is 13.6 Å². The first-order valence-corrected chi connectivity index (χ1v) is 7.17. The third-order valence-electron chi connectivity index (χ3n) is 3.92. The van der Waals surface area contributed by atoms with E-state index in [-0.39, 0.29) is 11.9 Å². The van der Waals surface area contributed by atoms with Crippen LogP contribution in [0.3, 0.4) is 0 Å². The number of amides is 1. The molecular weight excluding hydrogens is 252 g/mol. The Morgan fingerprint density at radius 3 is 3.10 bits per heavy atom. The highest BCUT2D eigenvalue weighted by Crippen LogP contribution is 2.14. The number of aryl methyl sites for hydroxylation is 1. The van der Waals surface area contributed by atoms with Crippen LogP contribution < -0.4 is 10.6 Å². The third kappa shape index (κ3) is 2.54. The number of benzene rings is 1. The van der Waals surface area contributed by atoms with Gasteiger partial charge < -0.3 is 9.88 Å². The Kier molecular flexibility index (Phi) is 3.69. The Morgan fingerprint density at radius 2 is 2.25 bits per heavy atom. The van der Waals surface area contributed by atoms with Gasteiger partial charge in [0.05, 0.1) is 23.6 Å². The summed E-state index contributed by atoms with van der Waals surface area (Å²) in [4.78, 5) is 16.5. The number of nitrogens with one attached hydrogen (secondary N) is 2. The fourth-order valence-electron chi connectivity index (χ4n) is 2.70. The lowest BCUT2D eigenvalue weighted by atomic mass is 10.1. The van der Waals surface area contributed by atoms with E-state index in [1.54, 1.807) is 0 Å². The van der Waals surface area contributed by atoms with Crippen molar-refractivity contribution >= 4 is 16.9 Å². The Hall–Kier alpha value is -1.88. The summed E-state index contributed by atoms with van der Waals surface area (Å²) in [5.74, 6) is 1.07. The zero-order valence-electron chi connectivity index (χ0n) is 11.7. The lowest BCUT2D eigenvalue weighted by Crippen LogP contribution is -2.42. The van der Waals surface area contributed by atoms with E-state index in [0.29, 0.717) is 6.54 Å². The van der Waals surface area contributed by atoms with Gasteiger partial charge in [-0.05, 0) is 31.4 Å². The molecule has 1 atom stereocenters. The van der Waals surface area contributed by atoms with Gasteiger partial charge in [-0.15, -0.1) is 0 Å². The molecule has 106 valence electrons. The van der Waals surface area contributed by atoms with Crippen molar-refractivity contribution in [2.45, 2.75) is 31.8 Å². The minimum absolute atomic E-state index is 0.0997. The summed E-state index contributed by atoms with van der Waals surface area (Å²) in [6.07, 6.45) is 3.05. The maximum Gasteiger partial charge on any atom is 0.237 e. The summed E-state index contributed by atoms with van der Waals surface area (Å²) in [6, 6.07) is 7.98. The normalized spacial score (nSPS) is 19.9. The Bertz CT molecular complexity index is 619. The molecule has 5 nitrogen and oxygen atoms in total. The molecule has 3 rings (SSSR count). The summed E-state index contributed by atoms with van der Waals surface area (Å²) < 4.78 is 2.08. The van der Waals surface area contributed by atoms with Crippen LogP contribution in [0.1, 0.15) is 25.1 Å². The second-order valence-electron chi connectivity index (χ2n) is 5.30. The molecule has 2 N–H and O–H groups in total. The van der Waals surface area contributed by atoms with Gasteiger partial charge in [-0.1, -0.05) is 12.1 Å². The van der Waals surface area contributed by atoms with E-state index in [1.165, 1.54) is 0 Å². The first kappa shape index (κ1) is 13.1. The first-order chi connectivity index (χ1) is 9.75. The van der Waals surface area contributed by atoms with E-state index in [4.69, 9.17) is 0 Å². The molecule has 1 aromatic carbocycles. The van der Waals surface area contributed by atoms with Gasteiger partial charge >= 0.3 is 0 Å². The highest BCUT2D eigenvalue weighted by molar-refractivity contribution is 5.82. The van der Waals surface area contributed by atoms with Gasteiger partial charge in [0.2, 0.25) is 5.91 Å². The van der Waals surface area contributed by atoms with Gasteiger partial charge in [0.25, 0.3) is 0 Å². The summed E-state index contributed by atoms with van der Waals surface area (Å²) in [5, 5.41) is 6.28. The van der Waals surface area contributed by atoms with Crippen molar-refractivity contribution in [1.82, 2.24) is 20.2 Å². The summed E-state index contributed by atoms with van der Waals surface area (Å²) in [7, 11) is 2.01. The Morgan fingerprint density at radius 1 is 1.40 bits per heavy atom. The standard InChI is InChI=1S/C15H20N4O/c1-19-13-8-3-2-6-11(13)18-14(19)10-17-12-7-4-5-9-16-15(12)20/h2-3,6,8,12,17H,4-5,7,9-10H2,1H3,(H,16,20)/t12-/m1/s1. The molecule has 0 saturated carbocycles. The van der Waals surface area contributed by atoms with Gasteiger partial charge in [-0.3, -0.25) is 10.1 Å². The molecule has 0 bridgehead atoms. The van der Waals surface area contributed by atoms with Gasteiger partial charge in [-0.2, -0.15) is 0 Å². The molecule has 5 heteroatoms. The number of imidazole rings is 1. The molecule has 2 heterocycles. The Labute approximate surface area is 118 Å². The molecule has 0 unspecified atom stereocenters. The van der Waals surface area contributed by atoms with E-state index in [9.17, 15) is 4.79 Å². The van der Waals surface area contributed by atoms with Crippen LogP contribution in [0.5, 0.6) is 0 Å². The largest absolute Gasteiger partial charge is 0.355 e. The number of hydrogen-bond donors (Lipinski definition) is 2. The number of nitrogens with zero attached hydrogens (tertiary/aromatic N) is 2. The van der Waals surface area contributed by atoms with Crippen molar-refractivity contribution in [1.29, 1.82) is 0 Å². The summed E-state index contributed by atoms with van der Waals surface area (Å²) >= 11 is 0. The summed E-state index contributed by atoms with van der Waals surface area (Å²) in [5.41, 5.74) is 2.12. The molecule has 1 aliphatic heterocycles. The maximum absolute atomic E-state index is 11.9. The fourth-order valence-corrected chi connectivity index (χ4v) is 2.70. The van der Waals surface area contributed by atoms with Crippen LogP contribution in [0.4, 0.5) is 0 Å². The SMILES string of the molecule is Cn1c(CN[C@@H]2CCCCNC2=O)nc2ccccc21. The van der Waals surface area contributed by atoms with Crippen LogP contribution in [0.15, 0.2) is 24.3 Å². The molecule has 0 spiro atoms. The number of carbonyl (C=O) groups excluding carboxylic acids is 1. The van der Waals surface area contributed by atoms with Gasteiger partial charge in [0.1, 0.15) is 5.82 Å².